The topological polar surface area (TPSA) is 66.7 Å². The van der Waals surface area contributed by atoms with Crippen LogP contribution in [-0.4, -0.2) is 16.2 Å². The number of nitrogens with two attached hydrogens (primary N) is 1. The lowest BCUT2D eigenvalue weighted by atomic mass is 10.1. The lowest BCUT2D eigenvalue weighted by molar-refractivity contribution is 0.645. The average Bonchev–Trinajstić information content (AvgIpc) is 2.48. The minimum absolute atomic E-state index is 0.458. The third-order valence-electron chi connectivity index (χ3n) is 2.06. The monoisotopic (exact) mass is 182 g/mol. The number of hydrogen-bond donors (Lipinski definition) is 3. The molecule has 0 aliphatic carbocycles. The van der Waals surface area contributed by atoms with Crippen LogP contribution in [0.15, 0.2) is 6.20 Å². The Balaban J connectivity index is 2.36. The molecule has 1 atom stereocenters. The van der Waals surface area contributed by atoms with Gasteiger partial charge in [0, 0.05) is 6.04 Å². The Labute approximate surface area is 78.9 Å². The summed E-state index contributed by atoms with van der Waals surface area (Å²) in [6.07, 6.45) is 5.36. The third-order valence-corrected chi connectivity index (χ3v) is 2.06. The zero-order valence-corrected chi connectivity index (χ0v) is 8.30. The number of unbranched alkanes of at least 4 members (excludes halogenated alkanes) is 1. The molecule has 1 aromatic rings. The van der Waals surface area contributed by atoms with Crippen molar-refractivity contribution in [3.63, 3.8) is 0 Å². The highest BCUT2D eigenvalue weighted by Crippen LogP contribution is 2.15. The summed E-state index contributed by atoms with van der Waals surface area (Å²) in [5.74, 6) is 0.614. The predicted molar refractivity (Wildman–Crippen MR) is 55.6 cm³/mol. The molecule has 1 unspecified atom stereocenters. The van der Waals surface area contributed by atoms with E-state index in [2.05, 4.69) is 29.4 Å². The van der Waals surface area contributed by atoms with Crippen molar-refractivity contribution in [2.24, 2.45) is 0 Å². The van der Waals surface area contributed by atoms with Gasteiger partial charge in [0.1, 0.15) is 5.82 Å². The molecule has 0 radical (unpaired) electrons. The van der Waals surface area contributed by atoms with Crippen LogP contribution in [0.25, 0.3) is 0 Å². The molecule has 0 amide bonds. The summed E-state index contributed by atoms with van der Waals surface area (Å²) in [5.41, 5.74) is 6.54. The molecule has 4 heteroatoms. The Morgan fingerprint density at radius 2 is 2.46 bits per heavy atom. The van der Waals surface area contributed by atoms with Crippen LogP contribution in [0.4, 0.5) is 11.5 Å². The molecule has 4 N–H and O–H groups in total. The van der Waals surface area contributed by atoms with Gasteiger partial charge in [-0.3, -0.25) is 5.10 Å². The van der Waals surface area contributed by atoms with Crippen LogP contribution in [0.5, 0.6) is 0 Å². The lowest BCUT2D eigenvalue weighted by Gasteiger charge is -2.13. The standard InChI is InChI=1S/C9H18N4/c1-3-4-5-7(2)12-8-6-11-13-9(8)10/h6-7,12H,3-5H2,1-2H3,(H3,10,11,13). The molecule has 0 saturated heterocycles. The second-order valence-electron chi connectivity index (χ2n) is 3.38. The summed E-state index contributed by atoms with van der Waals surface area (Å²) in [4.78, 5) is 0. The molecule has 13 heavy (non-hydrogen) atoms. The van der Waals surface area contributed by atoms with Crippen molar-refractivity contribution in [1.82, 2.24) is 10.2 Å². The first-order chi connectivity index (χ1) is 6.24. The normalized spacial score (nSPS) is 12.8. The zero-order valence-electron chi connectivity index (χ0n) is 8.30. The number of aromatic amines is 1. The first-order valence-electron chi connectivity index (χ1n) is 4.79. The van der Waals surface area contributed by atoms with E-state index in [1.807, 2.05) is 0 Å². The van der Waals surface area contributed by atoms with E-state index in [4.69, 9.17) is 5.73 Å². The Bertz CT molecular complexity index is 244. The molecule has 0 spiro atoms. The van der Waals surface area contributed by atoms with Crippen molar-refractivity contribution in [2.45, 2.75) is 39.2 Å². The lowest BCUT2D eigenvalue weighted by Crippen LogP contribution is -2.15. The van der Waals surface area contributed by atoms with Crippen molar-refractivity contribution < 1.29 is 0 Å². The SMILES string of the molecule is CCCCC(C)Nc1cn[nH]c1N. The van der Waals surface area contributed by atoms with Crippen molar-refractivity contribution in [1.29, 1.82) is 0 Å². The van der Waals surface area contributed by atoms with Gasteiger partial charge in [-0.25, -0.2) is 0 Å². The number of anilines is 2. The Kier molecular flexibility index (Phi) is 3.61. The van der Waals surface area contributed by atoms with Crippen molar-refractivity contribution >= 4 is 11.5 Å². The molecule has 0 saturated carbocycles. The molecule has 0 bridgehead atoms. The minimum Gasteiger partial charge on any atom is -0.382 e. The third kappa shape index (κ3) is 2.97. The molecule has 74 valence electrons. The Morgan fingerprint density at radius 1 is 1.69 bits per heavy atom. The highest BCUT2D eigenvalue weighted by atomic mass is 15.2. The molecule has 1 rings (SSSR count). The second-order valence-corrected chi connectivity index (χ2v) is 3.38. The van der Waals surface area contributed by atoms with E-state index in [0.717, 1.165) is 5.69 Å². The predicted octanol–water partition coefficient (Wildman–Crippen LogP) is 1.98. The minimum atomic E-state index is 0.458. The summed E-state index contributed by atoms with van der Waals surface area (Å²) in [6, 6.07) is 0.458. The Morgan fingerprint density at radius 3 is 3.00 bits per heavy atom. The van der Waals surface area contributed by atoms with E-state index in [1.165, 1.54) is 19.3 Å². The maximum absolute atomic E-state index is 5.64. The van der Waals surface area contributed by atoms with Gasteiger partial charge < -0.3 is 11.1 Å². The van der Waals surface area contributed by atoms with Gasteiger partial charge in [0.25, 0.3) is 0 Å². The van der Waals surface area contributed by atoms with E-state index in [1.54, 1.807) is 6.20 Å². The quantitative estimate of drug-likeness (QED) is 0.652. The smallest absolute Gasteiger partial charge is 0.142 e. The van der Waals surface area contributed by atoms with Crippen LogP contribution in [0.3, 0.4) is 0 Å². The van der Waals surface area contributed by atoms with Crippen LogP contribution in [0.1, 0.15) is 33.1 Å². The number of nitrogens with one attached hydrogen (secondary N) is 2. The molecular weight excluding hydrogens is 164 g/mol. The summed E-state index contributed by atoms with van der Waals surface area (Å²) >= 11 is 0. The molecule has 1 heterocycles. The number of aromatic nitrogens is 2. The van der Waals surface area contributed by atoms with Gasteiger partial charge in [0.2, 0.25) is 0 Å². The van der Waals surface area contributed by atoms with Gasteiger partial charge in [0.05, 0.1) is 11.9 Å². The molecular formula is C9H18N4. The van der Waals surface area contributed by atoms with E-state index >= 15 is 0 Å². The van der Waals surface area contributed by atoms with E-state index in [-0.39, 0.29) is 0 Å². The van der Waals surface area contributed by atoms with Gasteiger partial charge >= 0.3 is 0 Å². The zero-order chi connectivity index (χ0) is 9.68. The average molecular weight is 182 g/mol. The number of nitrogen functional groups attached to an aromatic ring is 1. The van der Waals surface area contributed by atoms with E-state index in [0.29, 0.717) is 11.9 Å². The van der Waals surface area contributed by atoms with Gasteiger partial charge in [-0.05, 0) is 13.3 Å². The Hall–Kier alpha value is -1.19. The highest BCUT2D eigenvalue weighted by molar-refractivity contribution is 5.60. The van der Waals surface area contributed by atoms with Crippen LogP contribution in [0.2, 0.25) is 0 Å². The van der Waals surface area contributed by atoms with Gasteiger partial charge in [-0.2, -0.15) is 5.10 Å². The first kappa shape index (κ1) is 9.89. The highest BCUT2D eigenvalue weighted by Gasteiger charge is 2.04. The molecule has 0 aromatic carbocycles. The van der Waals surface area contributed by atoms with Crippen LogP contribution in [0, 0.1) is 0 Å². The molecule has 0 fully saturated rings. The maximum atomic E-state index is 5.64. The second kappa shape index (κ2) is 4.74. The summed E-state index contributed by atoms with van der Waals surface area (Å²) in [5, 5.41) is 9.84. The van der Waals surface area contributed by atoms with E-state index < -0.39 is 0 Å². The largest absolute Gasteiger partial charge is 0.382 e. The van der Waals surface area contributed by atoms with Gasteiger partial charge in [0.15, 0.2) is 0 Å². The summed E-state index contributed by atoms with van der Waals surface area (Å²) in [6.45, 7) is 4.35. The number of rotatable bonds is 5. The van der Waals surface area contributed by atoms with Crippen molar-refractivity contribution in [3.8, 4) is 0 Å². The fourth-order valence-corrected chi connectivity index (χ4v) is 1.26. The molecule has 0 aliphatic heterocycles. The van der Waals surface area contributed by atoms with Crippen molar-refractivity contribution in [3.05, 3.63) is 6.20 Å². The van der Waals surface area contributed by atoms with Crippen LogP contribution in [-0.2, 0) is 0 Å². The summed E-state index contributed by atoms with van der Waals surface area (Å²) < 4.78 is 0. The number of H-pyrrole nitrogens is 1. The fourth-order valence-electron chi connectivity index (χ4n) is 1.26. The van der Waals surface area contributed by atoms with Crippen molar-refractivity contribution in [2.75, 3.05) is 11.1 Å². The van der Waals surface area contributed by atoms with E-state index in [9.17, 15) is 0 Å². The van der Waals surface area contributed by atoms with Gasteiger partial charge in [-0.15, -0.1) is 0 Å². The molecule has 4 nitrogen and oxygen atoms in total. The molecule has 1 aromatic heterocycles. The maximum Gasteiger partial charge on any atom is 0.142 e. The molecule has 0 aliphatic rings. The van der Waals surface area contributed by atoms with Crippen LogP contribution >= 0.6 is 0 Å². The fraction of sp³-hybridized carbons (Fsp3) is 0.667. The first-order valence-corrected chi connectivity index (χ1v) is 4.79. The van der Waals surface area contributed by atoms with Gasteiger partial charge in [-0.1, -0.05) is 19.8 Å². The van der Waals surface area contributed by atoms with Crippen LogP contribution < -0.4 is 11.1 Å². The summed E-state index contributed by atoms with van der Waals surface area (Å²) in [7, 11) is 0. The number of nitrogens with zero attached hydrogens (tertiary/aromatic N) is 1. The number of hydrogen-bond acceptors (Lipinski definition) is 3.